The summed E-state index contributed by atoms with van der Waals surface area (Å²) >= 11 is 2.81. The van der Waals surface area contributed by atoms with E-state index in [9.17, 15) is 9.59 Å². The van der Waals surface area contributed by atoms with E-state index in [1.807, 2.05) is 42.8 Å². The maximum absolute atomic E-state index is 12.8. The van der Waals surface area contributed by atoms with Crippen molar-refractivity contribution >= 4 is 40.0 Å². The Morgan fingerprint density at radius 3 is 2.60 bits per heavy atom. The molecule has 8 nitrogen and oxygen atoms in total. The van der Waals surface area contributed by atoms with Gasteiger partial charge in [-0.05, 0) is 69.4 Å². The lowest BCUT2D eigenvalue weighted by Gasteiger charge is -2.08. The number of ether oxygens (including phenoxy) is 2. The van der Waals surface area contributed by atoms with Gasteiger partial charge in [0.15, 0.2) is 11.0 Å². The number of benzene rings is 1. The summed E-state index contributed by atoms with van der Waals surface area (Å²) in [5.41, 5.74) is 2.49. The van der Waals surface area contributed by atoms with Crippen LogP contribution in [0.5, 0.6) is 5.75 Å². The minimum atomic E-state index is -0.358. The maximum atomic E-state index is 12.8. The third-order valence-corrected chi connectivity index (χ3v) is 7.97. The number of nitrogens with zero attached hydrogens (tertiary/aromatic N) is 3. The number of hydrogen-bond acceptors (Lipinski definition) is 8. The second-order valence-corrected chi connectivity index (χ2v) is 10.2. The number of nitrogens with one attached hydrogen (secondary N) is 1. The average Bonchev–Trinajstić information content (AvgIpc) is 3.29. The Morgan fingerprint density at radius 1 is 1.09 bits per heavy atom. The van der Waals surface area contributed by atoms with Crippen LogP contribution in [0.25, 0.3) is 11.4 Å². The van der Waals surface area contributed by atoms with Crippen molar-refractivity contribution in [3.63, 3.8) is 0 Å². The van der Waals surface area contributed by atoms with Crippen LogP contribution < -0.4 is 10.1 Å². The zero-order valence-electron chi connectivity index (χ0n) is 20.3. The molecule has 10 heteroatoms. The molecule has 0 bridgehead atoms. The third-order valence-electron chi connectivity index (χ3n) is 5.74. The van der Waals surface area contributed by atoms with Crippen LogP contribution in [0.4, 0.5) is 5.00 Å². The fourth-order valence-electron chi connectivity index (χ4n) is 4.10. The summed E-state index contributed by atoms with van der Waals surface area (Å²) in [5.74, 6) is 1.12. The lowest BCUT2D eigenvalue weighted by Crippen LogP contribution is -2.17. The number of rotatable bonds is 9. The van der Waals surface area contributed by atoms with Crippen molar-refractivity contribution in [2.24, 2.45) is 7.05 Å². The van der Waals surface area contributed by atoms with E-state index in [1.165, 1.54) is 28.0 Å². The Balaban J connectivity index is 1.44. The van der Waals surface area contributed by atoms with Gasteiger partial charge in [-0.1, -0.05) is 18.2 Å². The van der Waals surface area contributed by atoms with Gasteiger partial charge in [0.1, 0.15) is 10.8 Å². The lowest BCUT2D eigenvalue weighted by atomic mass is 10.1. The molecule has 1 aliphatic rings. The molecule has 1 N–H and O–H groups in total. The first-order valence-corrected chi connectivity index (χ1v) is 13.7. The summed E-state index contributed by atoms with van der Waals surface area (Å²) in [6.07, 6.45) is 5.07. The lowest BCUT2D eigenvalue weighted by molar-refractivity contribution is -0.113. The number of anilines is 1. The highest BCUT2D eigenvalue weighted by Crippen LogP contribution is 2.38. The van der Waals surface area contributed by atoms with E-state index >= 15 is 0 Å². The standard InChI is InChI=1S/C25H30N4O4S2/c1-4-32-17-13-11-16(12-14-17)22-27-28-25(29(22)3)34-15-20(30)26-23-21(24(31)33-5-2)18-9-7-6-8-10-19(18)35-23/h11-14H,4-10,15H2,1-3H3,(H,26,30). The number of fused-ring (bicyclic) bond motifs is 1. The van der Waals surface area contributed by atoms with Crippen molar-refractivity contribution < 1.29 is 19.1 Å². The topological polar surface area (TPSA) is 95.3 Å². The molecule has 0 saturated heterocycles. The summed E-state index contributed by atoms with van der Waals surface area (Å²) in [7, 11) is 1.88. The molecule has 0 spiro atoms. The van der Waals surface area contributed by atoms with Gasteiger partial charge in [-0.15, -0.1) is 21.5 Å². The molecule has 0 saturated carbocycles. The molecular weight excluding hydrogens is 484 g/mol. The van der Waals surface area contributed by atoms with Crippen LogP contribution in [0.15, 0.2) is 29.4 Å². The Bertz CT molecular complexity index is 1190. The number of carbonyl (C=O) groups excluding carboxylic acids is 2. The van der Waals surface area contributed by atoms with E-state index in [0.29, 0.717) is 34.8 Å². The number of esters is 1. The van der Waals surface area contributed by atoms with Crippen LogP contribution in [0.3, 0.4) is 0 Å². The van der Waals surface area contributed by atoms with Crippen LogP contribution >= 0.6 is 23.1 Å². The minimum absolute atomic E-state index is 0.153. The summed E-state index contributed by atoms with van der Waals surface area (Å²) in [5, 5.41) is 12.7. The predicted octanol–water partition coefficient (Wildman–Crippen LogP) is 5.12. The number of thioether (sulfide) groups is 1. The van der Waals surface area contributed by atoms with Gasteiger partial charge in [-0.25, -0.2) is 4.79 Å². The minimum Gasteiger partial charge on any atom is -0.494 e. The van der Waals surface area contributed by atoms with E-state index < -0.39 is 0 Å². The summed E-state index contributed by atoms with van der Waals surface area (Å²) in [4.78, 5) is 26.7. The van der Waals surface area contributed by atoms with Gasteiger partial charge in [0.2, 0.25) is 5.91 Å². The quantitative estimate of drug-likeness (QED) is 0.241. The van der Waals surface area contributed by atoms with E-state index in [4.69, 9.17) is 9.47 Å². The molecule has 1 aliphatic carbocycles. The van der Waals surface area contributed by atoms with Crippen LogP contribution in [-0.4, -0.2) is 45.6 Å². The van der Waals surface area contributed by atoms with Gasteiger partial charge in [0.05, 0.1) is 24.5 Å². The number of thiophene rings is 1. The summed E-state index contributed by atoms with van der Waals surface area (Å²) in [6, 6.07) is 7.68. The first kappa shape index (κ1) is 25.2. The first-order chi connectivity index (χ1) is 17.0. The van der Waals surface area contributed by atoms with Gasteiger partial charge in [-0.3, -0.25) is 4.79 Å². The van der Waals surface area contributed by atoms with Crippen LogP contribution in [-0.2, 0) is 29.4 Å². The van der Waals surface area contributed by atoms with E-state index in [0.717, 1.165) is 49.0 Å². The molecule has 0 unspecified atom stereocenters. The van der Waals surface area contributed by atoms with Gasteiger partial charge in [0, 0.05) is 17.5 Å². The van der Waals surface area contributed by atoms with Crippen molar-refractivity contribution in [3.8, 4) is 17.1 Å². The Kier molecular flexibility index (Phi) is 8.46. The number of aryl methyl sites for hydroxylation is 1. The van der Waals surface area contributed by atoms with E-state index in [2.05, 4.69) is 15.5 Å². The van der Waals surface area contributed by atoms with Crippen molar-refractivity contribution in [1.82, 2.24) is 14.8 Å². The molecular formula is C25H30N4O4S2. The molecule has 2 heterocycles. The summed E-state index contributed by atoms with van der Waals surface area (Å²) in [6.45, 7) is 4.65. The molecule has 35 heavy (non-hydrogen) atoms. The second kappa shape index (κ2) is 11.7. The fourth-order valence-corrected chi connectivity index (χ4v) is 6.11. The number of hydrogen-bond donors (Lipinski definition) is 1. The zero-order chi connectivity index (χ0) is 24.8. The van der Waals surface area contributed by atoms with Crippen LogP contribution in [0.1, 0.15) is 53.9 Å². The molecule has 4 rings (SSSR count). The molecule has 1 amide bonds. The predicted molar refractivity (Wildman–Crippen MR) is 138 cm³/mol. The van der Waals surface area contributed by atoms with Crippen molar-refractivity contribution in [1.29, 1.82) is 0 Å². The molecule has 186 valence electrons. The number of aromatic nitrogens is 3. The highest BCUT2D eigenvalue weighted by Gasteiger charge is 2.26. The third kappa shape index (κ3) is 5.87. The Labute approximate surface area is 213 Å². The van der Waals surface area contributed by atoms with E-state index in [-0.39, 0.29) is 17.6 Å². The Hall–Kier alpha value is -2.85. The monoisotopic (exact) mass is 514 g/mol. The van der Waals surface area contributed by atoms with Gasteiger partial charge in [-0.2, -0.15) is 0 Å². The van der Waals surface area contributed by atoms with Gasteiger partial charge in [0.25, 0.3) is 0 Å². The molecule has 0 fully saturated rings. The highest BCUT2D eigenvalue weighted by atomic mass is 32.2. The second-order valence-electron chi connectivity index (χ2n) is 8.15. The highest BCUT2D eigenvalue weighted by molar-refractivity contribution is 7.99. The zero-order valence-corrected chi connectivity index (χ0v) is 21.9. The van der Waals surface area contributed by atoms with Crippen LogP contribution in [0.2, 0.25) is 0 Å². The first-order valence-electron chi connectivity index (χ1n) is 11.9. The van der Waals surface area contributed by atoms with E-state index in [1.54, 1.807) is 6.92 Å². The van der Waals surface area contributed by atoms with Gasteiger partial charge >= 0.3 is 5.97 Å². The van der Waals surface area contributed by atoms with Crippen molar-refractivity contribution in [3.05, 3.63) is 40.3 Å². The molecule has 0 atom stereocenters. The van der Waals surface area contributed by atoms with Crippen LogP contribution in [0, 0.1) is 0 Å². The largest absolute Gasteiger partial charge is 0.494 e. The molecule has 1 aromatic carbocycles. The molecule has 0 aliphatic heterocycles. The average molecular weight is 515 g/mol. The molecule has 2 aromatic heterocycles. The van der Waals surface area contributed by atoms with Crippen molar-refractivity contribution in [2.45, 2.75) is 51.1 Å². The normalized spacial score (nSPS) is 13.1. The molecule has 0 radical (unpaired) electrons. The van der Waals surface area contributed by atoms with Crippen molar-refractivity contribution in [2.75, 3.05) is 24.3 Å². The SMILES string of the molecule is CCOC(=O)c1c(NC(=O)CSc2nnc(-c3ccc(OCC)cc3)n2C)sc2c1CCCCC2. The van der Waals surface area contributed by atoms with Gasteiger partial charge < -0.3 is 19.4 Å². The fraction of sp³-hybridized carbons (Fsp3) is 0.440. The smallest absolute Gasteiger partial charge is 0.341 e. The summed E-state index contributed by atoms with van der Waals surface area (Å²) < 4.78 is 12.7. The molecule has 3 aromatic rings. The number of amides is 1. The number of carbonyl (C=O) groups is 2. The maximum Gasteiger partial charge on any atom is 0.341 e. The Morgan fingerprint density at radius 2 is 1.86 bits per heavy atom.